The lowest BCUT2D eigenvalue weighted by Gasteiger charge is -2.26. The molecule has 1 aliphatic carbocycles. The van der Waals surface area contributed by atoms with Gasteiger partial charge in [-0.1, -0.05) is 63.1 Å². The number of hydrogen-bond acceptors (Lipinski definition) is 3. The van der Waals surface area contributed by atoms with Crippen LogP contribution in [0.15, 0.2) is 66.9 Å². The molecule has 0 radical (unpaired) electrons. The molecule has 2 aromatic carbocycles. The van der Waals surface area contributed by atoms with Crippen molar-refractivity contribution in [1.29, 1.82) is 0 Å². The summed E-state index contributed by atoms with van der Waals surface area (Å²) in [6, 6.07) is 19.6. The van der Waals surface area contributed by atoms with Crippen molar-refractivity contribution in [3.05, 3.63) is 83.9 Å². The molecule has 0 spiro atoms. The van der Waals surface area contributed by atoms with E-state index in [4.69, 9.17) is 5.73 Å². The maximum absolute atomic E-state index is 14.2. The van der Waals surface area contributed by atoms with Crippen LogP contribution in [-0.2, 0) is 11.2 Å². The molecule has 0 aliphatic heterocycles. The summed E-state index contributed by atoms with van der Waals surface area (Å²) in [6.45, 7) is 4.72. The number of pyridine rings is 1. The third kappa shape index (κ3) is 5.53. The molecule has 4 nitrogen and oxygen atoms in total. The Hall–Kier alpha value is -3.05. The van der Waals surface area contributed by atoms with Crippen molar-refractivity contribution in [2.24, 2.45) is 11.7 Å². The van der Waals surface area contributed by atoms with Gasteiger partial charge in [0.25, 0.3) is 0 Å². The second kappa shape index (κ2) is 10.9. The number of hydrogen-bond donors (Lipinski definition) is 1. The van der Waals surface area contributed by atoms with Gasteiger partial charge >= 0.3 is 0 Å². The molecule has 1 aliphatic rings. The first kappa shape index (κ1) is 24.1. The van der Waals surface area contributed by atoms with Crippen LogP contribution in [0.3, 0.4) is 0 Å². The van der Waals surface area contributed by atoms with E-state index in [0.29, 0.717) is 18.7 Å². The minimum atomic E-state index is -0.341. The zero-order chi connectivity index (χ0) is 24.1. The number of nitrogens with two attached hydrogens (primary N) is 1. The largest absolute Gasteiger partial charge is 0.326 e. The van der Waals surface area contributed by atoms with Crippen molar-refractivity contribution >= 4 is 11.6 Å². The average molecular weight is 460 g/mol. The number of carbonyl (C=O) groups is 1. The molecule has 3 aromatic rings. The number of benzene rings is 2. The molecule has 34 heavy (non-hydrogen) atoms. The second-order valence-corrected chi connectivity index (χ2v) is 9.31. The fourth-order valence-electron chi connectivity index (χ4n) is 4.65. The maximum Gasteiger partial charge on any atom is 0.230 e. The number of rotatable bonds is 10. The van der Waals surface area contributed by atoms with Gasteiger partial charge in [0.15, 0.2) is 0 Å². The molecule has 1 saturated carbocycles. The van der Waals surface area contributed by atoms with Crippen molar-refractivity contribution in [2.75, 3.05) is 11.4 Å². The Balaban J connectivity index is 1.53. The summed E-state index contributed by atoms with van der Waals surface area (Å²) >= 11 is 0. The van der Waals surface area contributed by atoms with Crippen molar-refractivity contribution in [3.8, 4) is 11.1 Å². The zero-order valence-corrected chi connectivity index (χ0v) is 20.1. The molecule has 2 N–H and O–H groups in total. The number of nitrogens with zero attached hydrogens (tertiary/aromatic N) is 2. The highest BCUT2D eigenvalue weighted by Crippen LogP contribution is 2.49. The number of carbonyl (C=O) groups excluding carboxylic acids is 1. The summed E-state index contributed by atoms with van der Waals surface area (Å²) in [6.07, 6.45) is 6.22. The van der Waals surface area contributed by atoms with Gasteiger partial charge in [-0.25, -0.2) is 4.39 Å². The maximum atomic E-state index is 14.2. The number of aryl methyl sites for hydroxylation is 1. The van der Waals surface area contributed by atoms with Gasteiger partial charge in [-0.05, 0) is 60.2 Å². The summed E-state index contributed by atoms with van der Waals surface area (Å²) in [5.74, 6) is -0.770. The van der Waals surface area contributed by atoms with Gasteiger partial charge in [0.2, 0.25) is 5.91 Å². The minimum absolute atomic E-state index is 0.00160. The van der Waals surface area contributed by atoms with E-state index < -0.39 is 0 Å². The van der Waals surface area contributed by atoms with E-state index in [1.54, 1.807) is 17.2 Å². The van der Waals surface area contributed by atoms with Gasteiger partial charge < -0.3 is 10.6 Å². The van der Waals surface area contributed by atoms with Crippen LogP contribution in [0.4, 0.5) is 10.1 Å². The average Bonchev–Trinajstić information content (AvgIpc) is 3.64. The number of anilines is 1. The van der Waals surface area contributed by atoms with Crippen molar-refractivity contribution in [2.45, 2.75) is 57.9 Å². The summed E-state index contributed by atoms with van der Waals surface area (Å²) in [4.78, 5) is 19.5. The summed E-state index contributed by atoms with van der Waals surface area (Å²) in [5.41, 5.74) is 11.2. The molecule has 1 heterocycles. The number of amides is 1. The lowest BCUT2D eigenvalue weighted by Crippen LogP contribution is -2.42. The molecule has 3 unspecified atom stereocenters. The van der Waals surface area contributed by atoms with Crippen molar-refractivity contribution in [1.82, 2.24) is 4.98 Å². The van der Waals surface area contributed by atoms with Gasteiger partial charge in [-0.3, -0.25) is 9.78 Å². The molecular formula is C29H34FN3O. The molecular weight excluding hydrogens is 425 g/mol. The number of aromatic nitrogens is 1. The lowest BCUT2D eigenvalue weighted by atomic mass is 10.0. The highest BCUT2D eigenvalue weighted by Gasteiger charge is 2.48. The van der Waals surface area contributed by atoms with E-state index in [-0.39, 0.29) is 29.6 Å². The Labute approximate surface area is 202 Å². The fraction of sp³-hybridized carbons (Fsp3) is 0.379. The SMILES string of the molecule is CCCc1ccc(-c2ccc(N(CC(N)CCC)C(=O)C3CC3c3ncccc3F)cc2)cc1. The smallest absolute Gasteiger partial charge is 0.230 e. The number of halogens is 1. The monoisotopic (exact) mass is 459 g/mol. The van der Waals surface area contributed by atoms with Crippen LogP contribution in [-0.4, -0.2) is 23.5 Å². The van der Waals surface area contributed by atoms with E-state index in [1.807, 2.05) is 12.1 Å². The van der Waals surface area contributed by atoms with E-state index in [9.17, 15) is 9.18 Å². The molecule has 3 atom stereocenters. The van der Waals surface area contributed by atoms with Crippen molar-refractivity contribution < 1.29 is 9.18 Å². The molecule has 1 aromatic heterocycles. The van der Waals surface area contributed by atoms with Gasteiger partial charge in [0.1, 0.15) is 5.82 Å². The van der Waals surface area contributed by atoms with Gasteiger partial charge in [-0.2, -0.15) is 0 Å². The zero-order valence-electron chi connectivity index (χ0n) is 20.1. The lowest BCUT2D eigenvalue weighted by molar-refractivity contribution is -0.120. The molecule has 4 rings (SSSR count). The highest BCUT2D eigenvalue weighted by atomic mass is 19.1. The molecule has 1 amide bonds. The normalized spacial score (nSPS) is 17.9. The van der Waals surface area contributed by atoms with Crippen LogP contribution >= 0.6 is 0 Å². The van der Waals surface area contributed by atoms with Crippen LogP contribution in [0, 0.1) is 11.7 Å². The topological polar surface area (TPSA) is 59.2 Å². The second-order valence-electron chi connectivity index (χ2n) is 9.31. The Morgan fingerprint density at radius 3 is 2.35 bits per heavy atom. The van der Waals surface area contributed by atoms with Gasteiger partial charge in [0.05, 0.1) is 5.69 Å². The summed E-state index contributed by atoms with van der Waals surface area (Å²) < 4.78 is 14.2. The van der Waals surface area contributed by atoms with E-state index in [1.165, 1.54) is 11.6 Å². The molecule has 0 saturated heterocycles. The Morgan fingerprint density at radius 1 is 1.06 bits per heavy atom. The molecule has 5 heteroatoms. The van der Waals surface area contributed by atoms with E-state index >= 15 is 0 Å². The van der Waals surface area contributed by atoms with Crippen LogP contribution in [0.2, 0.25) is 0 Å². The third-order valence-electron chi connectivity index (χ3n) is 6.59. The first-order valence-corrected chi connectivity index (χ1v) is 12.4. The van der Waals surface area contributed by atoms with Crippen LogP contribution in [0.25, 0.3) is 11.1 Å². The fourth-order valence-corrected chi connectivity index (χ4v) is 4.65. The minimum Gasteiger partial charge on any atom is -0.326 e. The van der Waals surface area contributed by atoms with Crippen LogP contribution in [0.5, 0.6) is 0 Å². The molecule has 1 fully saturated rings. The predicted molar refractivity (Wildman–Crippen MR) is 136 cm³/mol. The first-order chi connectivity index (χ1) is 16.5. The van der Waals surface area contributed by atoms with Crippen LogP contribution in [0.1, 0.15) is 56.7 Å². The summed E-state index contributed by atoms with van der Waals surface area (Å²) in [5, 5.41) is 0. The Kier molecular flexibility index (Phi) is 7.73. The Bertz CT molecular complexity index is 1100. The first-order valence-electron chi connectivity index (χ1n) is 12.4. The quantitative estimate of drug-likeness (QED) is 0.398. The highest BCUT2D eigenvalue weighted by molar-refractivity contribution is 5.97. The standard InChI is InChI=1S/C29H34FN3O/c1-3-6-20-9-11-21(12-10-20)22-13-15-24(16-14-22)33(19-23(31)7-4-2)29(34)26-18-25(26)28-27(30)8-5-17-32-28/h5,8-17,23,25-26H,3-4,6-7,18-19,31H2,1-2H3. The molecule has 0 bridgehead atoms. The van der Waals surface area contributed by atoms with Crippen molar-refractivity contribution in [3.63, 3.8) is 0 Å². The summed E-state index contributed by atoms with van der Waals surface area (Å²) in [7, 11) is 0. The Morgan fingerprint density at radius 2 is 1.74 bits per heavy atom. The van der Waals surface area contributed by atoms with Gasteiger partial charge in [-0.15, -0.1) is 0 Å². The van der Waals surface area contributed by atoms with E-state index in [2.05, 4.69) is 55.2 Å². The van der Waals surface area contributed by atoms with Gasteiger partial charge in [0, 0.05) is 36.3 Å². The predicted octanol–water partition coefficient (Wildman–Crippen LogP) is 6.10. The molecule has 178 valence electrons. The third-order valence-corrected chi connectivity index (χ3v) is 6.59. The van der Waals surface area contributed by atoms with Crippen LogP contribution < -0.4 is 10.6 Å². The van der Waals surface area contributed by atoms with E-state index in [0.717, 1.165) is 42.5 Å².